The van der Waals surface area contributed by atoms with Crippen LogP contribution in [0, 0.1) is 9.64 Å². The van der Waals surface area contributed by atoms with E-state index in [0.717, 1.165) is 5.56 Å². The molecular formula is C7H7IN. The molecule has 0 aliphatic rings. The van der Waals surface area contributed by atoms with Gasteiger partial charge in [-0.1, -0.05) is 0 Å². The van der Waals surface area contributed by atoms with Crippen molar-refractivity contribution in [1.29, 1.82) is 0 Å². The van der Waals surface area contributed by atoms with Crippen LogP contribution in [-0.4, -0.2) is 0 Å². The fourth-order valence-electron chi connectivity index (χ4n) is 0.607. The van der Waals surface area contributed by atoms with Gasteiger partial charge in [0.2, 0.25) is 0 Å². The molecule has 2 heteroatoms. The first-order chi connectivity index (χ1) is 4.33. The standard InChI is InChI=1S/C7H7IN/c8-7-3-1-2-6(4-7)5-9/h2-4H,5,9H2. The smallest absolute Gasteiger partial charge is 0.0178 e. The molecule has 1 nitrogen and oxygen atoms in total. The second-order valence-electron chi connectivity index (χ2n) is 1.76. The van der Waals surface area contributed by atoms with E-state index in [1.807, 2.05) is 12.1 Å². The van der Waals surface area contributed by atoms with Crippen LogP contribution in [0.4, 0.5) is 0 Å². The predicted octanol–water partition coefficient (Wildman–Crippen LogP) is 1.55. The molecule has 0 saturated heterocycles. The van der Waals surface area contributed by atoms with Crippen molar-refractivity contribution in [3.63, 3.8) is 0 Å². The van der Waals surface area contributed by atoms with Crippen LogP contribution >= 0.6 is 22.6 Å². The summed E-state index contributed by atoms with van der Waals surface area (Å²) >= 11 is 2.24. The Labute approximate surface area is 68.4 Å². The van der Waals surface area contributed by atoms with Crippen molar-refractivity contribution in [2.45, 2.75) is 6.54 Å². The van der Waals surface area contributed by atoms with Gasteiger partial charge in [0.25, 0.3) is 0 Å². The van der Waals surface area contributed by atoms with Crippen molar-refractivity contribution in [1.82, 2.24) is 0 Å². The first kappa shape index (κ1) is 7.02. The molecule has 0 spiro atoms. The Morgan fingerprint density at radius 1 is 1.56 bits per heavy atom. The minimum Gasteiger partial charge on any atom is -0.326 e. The molecule has 0 heterocycles. The maximum Gasteiger partial charge on any atom is 0.0178 e. The summed E-state index contributed by atoms with van der Waals surface area (Å²) in [7, 11) is 0. The maximum absolute atomic E-state index is 5.40. The lowest BCUT2D eigenvalue weighted by Crippen LogP contribution is -1.95. The number of hydrogen-bond acceptors (Lipinski definition) is 1. The Hall–Kier alpha value is -0.0900. The maximum atomic E-state index is 5.40. The van der Waals surface area contributed by atoms with Crippen molar-refractivity contribution < 1.29 is 0 Å². The van der Waals surface area contributed by atoms with Crippen LogP contribution in [0.5, 0.6) is 0 Å². The fraction of sp³-hybridized carbons (Fsp3) is 0.143. The van der Waals surface area contributed by atoms with Crippen LogP contribution < -0.4 is 5.73 Å². The molecule has 0 aliphatic heterocycles. The average molecular weight is 232 g/mol. The lowest BCUT2D eigenvalue weighted by Gasteiger charge is -1.93. The number of benzene rings is 1. The fourth-order valence-corrected chi connectivity index (χ4v) is 1.19. The largest absolute Gasteiger partial charge is 0.326 e. The van der Waals surface area contributed by atoms with E-state index in [4.69, 9.17) is 5.73 Å². The van der Waals surface area contributed by atoms with Crippen LogP contribution in [0.25, 0.3) is 0 Å². The second-order valence-corrected chi connectivity index (χ2v) is 3.01. The van der Waals surface area contributed by atoms with Gasteiger partial charge in [-0.15, -0.1) is 0 Å². The minimum absolute atomic E-state index is 0.605. The second kappa shape index (κ2) is 3.17. The molecule has 1 aromatic rings. The van der Waals surface area contributed by atoms with Crippen LogP contribution in [0.15, 0.2) is 18.2 Å². The summed E-state index contributed by atoms with van der Waals surface area (Å²) in [4.78, 5) is 0. The van der Waals surface area contributed by atoms with Gasteiger partial charge in [0.05, 0.1) is 0 Å². The average Bonchev–Trinajstić information content (AvgIpc) is 1.88. The molecule has 2 N–H and O–H groups in total. The summed E-state index contributed by atoms with van der Waals surface area (Å²) in [5, 5.41) is 0. The van der Waals surface area contributed by atoms with Gasteiger partial charge < -0.3 is 5.73 Å². The van der Waals surface area contributed by atoms with Gasteiger partial charge in [-0.25, -0.2) is 0 Å². The molecule has 9 heavy (non-hydrogen) atoms. The lowest BCUT2D eigenvalue weighted by molar-refractivity contribution is 1.07. The Morgan fingerprint density at radius 2 is 2.33 bits per heavy atom. The van der Waals surface area contributed by atoms with Gasteiger partial charge in [0, 0.05) is 10.1 Å². The van der Waals surface area contributed by atoms with Crippen molar-refractivity contribution in [2.75, 3.05) is 0 Å². The molecule has 0 aliphatic carbocycles. The Morgan fingerprint density at radius 3 is 2.78 bits per heavy atom. The van der Waals surface area contributed by atoms with Crippen molar-refractivity contribution in [3.8, 4) is 0 Å². The van der Waals surface area contributed by atoms with Gasteiger partial charge in [0.15, 0.2) is 0 Å². The molecule has 0 unspecified atom stereocenters. The van der Waals surface area contributed by atoms with E-state index in [1.165, 1.54) is 3.57 Å². The normalized spacial score (nSPS) is 9.56. The molecular weight excluding hydrogens is 225 g/mol. The highest BCUT2D eigenvalue weighted by atomic mass is 127. The summed E-state index contributed by atoms with van der Waals surface area (Å²) < 4.78 is 1.19. The first-order valence-electron chi connectivity index (χ1n) is 2.68. The van der Waals surface area contributed by atoms with Gasteiger partial charge in [-0.3, -0.25) is 0 Å². The number of halogens is 1. The zero-order valence-electron chi connectivity index (χ0n) is 4.89. The Kier molecular flexibility index (Phi) is 2.48. The molecule has 0 amide bonds. The zero-order valence-corrected chi connectivity index (χ0v) is 7.05. The van der Waals surface area contributed by atoms with Gasteiger partial charge in [0.1, 0.15) is 0 Å². The van der Waals surface area contributed by atoms with Crippen molar-refractivity contribution in [2.24, 2.45) is 5.73 Å². The van der Waals surface area contributed by atoms with E-state index < -0.39 is 0 Å². The third-order valence-corrected chi connectivity index (χ3v) is 1.67. The predicted molar refractivity (Wildman–Crippen MR) is 45.9 cm³/mol. The summed E-state index contributed by atoms with van der Waals surface area (Å²) in [5.41, 5.74) is 6.54. The van der Waals surface area contributed by atoms with Crippen LogP contribution in [-0.2, 0) is 6.54 Å². The molecule has 1 rings (SSSR count). The van der Waals surface area contributed by atoms with E-state index in [9.17, 15) is 0 Å². The molecule has 0 bridgehead atoms. The zero-order chi connectivity index (χ0) is 6.69. The number of nitrogens with two attached hydrogens (primary N) is 1. The monoisotopic (exact) mass is 232 g/mol. The third kappa shape index (κ3) is 1.95. The van der Waals surface area contributed by atoms with E-state index in [1.54, 1.807) is 0 Å². The minimum atomic E-state index is 0.605. The van der Waals surface area contributed by atoms with E-state index in [-0.39, 0.29) is 0 Å². The summed E-state index contributed by atoms with van der Waals surface area (Å²) in [5.74, 6) is 0. The first-order valence-corrected chi connectivity index (χ1v) is 3.76. The number of rotatable bonds is 1. The van der Waals surface area contributed by atoms with Crippen LogP contribution in [0.1, 0.15) is 5.56 Å². The highest BCUT2D eigenvalue weighted by Gasteiger charge is 1.87. The molecule has 0 aromatic heterocycles. The third-order valence-electron chi connectivity index (χ3n) is 1.05. The van der Waals surface area contributed by atoms with Crippen LogP contribution in [0.3, 0.4) is 0 Å². The highest BCUT2D eigenvalue weighted by molar-refractivity contribution is 14.1. The Balaban J connectivity index is 2.94. The number of hydrogen-bond donors (Lipinski definition) is 1. The highest BCUT2D eigenvalue weighted by Crippen LogP contribution is 2.05. The van der Waals surface area contributed by atoms with Gasteiger partial charge in [-0.2, -0.15) is 0 Å². The van der Waals surface area contributed by atoms with Crippen molar-refractivity contribution in [3.05, 3.63) is 33.4 Å². The van der Waals surface area contributed by atoms with E-state index in [2.05, 4.69) is 34.7 Å². The van der Waals surface area contributed by atoms with Gasteiger partial charge >= 0.3 is 0 Å². The molecule has 47 valence electrons. The molecule has 1 aromatic carbocycles. The lowest BCUT2D eigenvalue weighted by atomic mass is 10.2. The van der Waals surface area contributed by atoms with Crippen molar-refractivity contribution >= 4 is 22.6 Å². The summed E-state index contributed by atoms with van der Waals surface area (Å²) in [6.07, 6.45) is 0. The summed E-state index contributed by atoms with van der Waals surface area (Å²) in [6, 6.07) is 8.88. The molecule has 0 fully saturated rings. The molecule has 0 saturated carbocycles. The van der Waals surface area contributed by atoms with Crippen LogP contribution in [0.2, 0.25) is 0 Å². The molecule has 1 radical (unpaired) electrons. The summed E-state index contributed by atoms with van der Waals surface area (Å²) in [6.45, 7) is 0.605. The Bertz CT molecular complexity index is 198. The SMILES string of the molecule is NCc1c[c]cc(I)c1. The van der Waals surface area contributed by atoms with E-state index in [0.29, 0.717) is 6.54 Å². The van der Waals surface area contributed by atoms with E-state index >= 15 is 0 Å². The quantitative estimate of drug-likeness (QED) is 0.730. The molecule has 0 atom stereocenters. The van der Waals surface area contributed by atoms with Gasteiger partial charge in [-0.05, 0) is 52.4 Å². The topological polar surface area (TPSA) is 26.0 Å².